The van der Waals surface area contributed by atoms with Crippen molar-refractivity contribution in [2.24, 2.45) is 0 Å². The number of nitro groups is 1. The molecule has 202 valence electrons. The number of hydrogen-bond donors (Lipinski definition) is 0. The fourth-order valence-corrected chi connectivity index (χ4v) is 3.83. The van der Waals surface area contributed by atoms with Crippen molar-refractivity contribution < 1.29 is 41.4 Å². The summed E-state index contributed by atoms with van der Waals surface area (Å²) in [5.41, 5.74) is 1.48. The maximum Gasteiger partial charge on any atom is 0.387 e. The van der Waals surface area contributed by atoms with Crippen molar-refractivity contribution in [3.63, 3.8) is 0 Å². The molecule has 0 aliphatic rings. The number of nitrogens with zero attached hydrogens (tertiary/aromatic N) is 3. The highest BCUT2D eigenvalue weighted by molar-refractivity contribution is 5.47. The molecule has 0 amide bonds. The van der Waals surface area contributed by atoms with Gasteiger partial charge in [-0.1, -0.05) is 6.07 Å². The zero-order valence-corrected chi connectivity index (χ0v) is 19.8. The third kappa shape index (κ3) is 7.09. The molecule has 0 radical (unpaired) electrons. The number of halogens is 4. The predicted molar refractivity (Wildman–Crippen MR) is 128 cm³/mol. The Kier molecular flexibility index (Phi) is 8.39. The van der Waals surface area contributed by atoms with Crippen LogP contribution in [-0.2, 0) is 6.42 Å². The smallest absolute Gasteiger partial charge is 0.387 e. The van der Waals surface area contributed by atoms with E-state index in [1.54, 1.807) is 30.6 Å². The molecule has 39 heavy (non-hydrogen) atoms. The first-order chi connectivity index (χ1) is 18.7. The molecule has 0 saturated carbocycles. The van der Waals surface area contributed by atoms with Crippen molar-refractivity contribution in [2.45, 2.75) is 25.6 Å². The van der Waals surface area contributed by atoms with Crippen LogP contribution in [0.25, 0.3) is 0 Å². The molecular formula is C26H19F4N3O6. The molecular weight excluding hydrogens is 526 g/mol. The minimum atomic E-state index is -3.29. The molecule has 2 heterocycles. The van der Waals surface area contributed by atoms with Gasteiger partial charge in [-0.25, -0.2) is 0 Å². The van der Waals surface area contributed by atoms with E-state index in [1.165, 1.54) is 42.6 Å². The first-order valence-electron chi connectivity index (χ1n) is 11.3. The molecule has 0 saturated heterocycles. The molecule has 9 nitrogen and oxygen atoms in total. The Labute approximate surface area is 218 Å². The molecule has 13 heteroatoms. The molecule has 0 fully saturated rings. The first kappa shape index (κ1) is 27.1. The topological polar surface area (TPSA) is 111 Å². The summed E-state index contributed by atoms with van der Waals surface area (Å²) in [4.78, 5) is 14.2. The van der Waals surface area contributed by atoms with E-state index in [4.69, 9.17) is 4.74 Å². The van der Waals surface area contributed by atoms with E-state index in [1.807, 2.05) is 0 Å². The summed E-state index contributed by atoms with van der Waals surface area (Å²) in [6.07, 6.45) is 4.64. The number of alkyl halides is 4. The van der Waals surface area contributed by atoms with Gasteiger partial charge in [-0.05, 0) is 60.0 Å². The van der Waals surface area contributed by atoms with Gasteiger partial charge in [-0.2, -0.15) is 17.6 Å². The molecule has 2 aromatic carbocycles. The Morgan fingerprint density at radius 1 is 0.846 bits per heavy atom. The summed E-state index contributed by atoms with van der Waals surface area (Å²) in [5, 5.41) is 23.7. The Balaban J connectivity index is 1.69. The fourth-order valence-electron chi connectivity index (χ4n) is 3.83. The van der Waals surface area contributed by atoms with Gasteiger partial charge >= 0.3 is 19.1 Å². The lowest BCUT2D eigenvalue weighted by molar-refractivity contribution is -0.611. The molecule has 4 aromatic rings. The second-order valence-electron chi connectivity index (χ2n) is 8.05. The molecule has 1 unspecified atom stereocenters. The second-order valence-corrected chi connectivity index (χ2v) is 8.05. The molecule has 1 atom stereocenters. The maximum atomic E-state index is 13.0. The van der Waals surface area contributed by atoms with Crippen molar-refractivity contribution in [3.8, 4) is 23.1 Å². The number of pyridine rings is 2. The summed E-state index contributed by atoms with van der Waals surface area (Å²) < 4.78 is 66.3. The van der Waals surface area contributed by atoms with Crippen LogP contribution in [0.1, 0.15) is 22.6 Å². The van der Waals surface area contributed by atoms with E-state index in [9.17, 15) is 32.9 Å². The van der Waals surface area contributed by atoms with Crippen molar-refractivity contribution >= 4 is 5.69 Å². The summed E-state index contributed by atoms with van der Waals surface area (Å²) >= 11 is 0. The Morgan fingerprint density at radius 2 is 1.49 bits per heavy atom. The number of ether oxygens (including phenoxy) is 3. The summed E-state index contributed by atoms with van der Waals surface area (Å²) in [7, 11) is 0. The quantitative estimate of drug-likeness (QED) is 0.0748. The van der Waals surface area contributed by atoms with Crippen LogP contribution in [0.4, 0.5) is 23.2 Å². The van der Waals surface area contributed by atoms with Crippen LogP contribution in [0.5, 0.6) is 23.1 Å². The van der Waals surface area contributed by atoms with E-state index >= 15 is 0 Å². The van der Waals surface area contributed by atoms with E-state index in [0.29, 0.717) is 15.9 Å². The lowest BCUT2D eigenvalue weighted by atomic mass is 9.87. The van der Waals surface area contributed by atoms with Crippen LogP contribution >= 0.6 is 0 Å². The van der Waals surface area contributed by atoms with Gasteiger partial charge in [0.1, 0.15) is 5.75 Å². The van der Waals surface area contributed by atoms with E-state index in [-0.39, 0.29) is 23.7 Å². The number of nitro benzene ring substituents is 1. The minimum Gasteiger partial charge on any atom is -0.616 e. The third-order valence-corrected chi connectivity index (χ3v) is 5.57. The second kappa shape index (κ2) is 12.1. The monoisotopic (exact) mass is 545 g/mol. The lowest BCUT2D eigenvalue weighted by Gasteiger charge is -2.20. The maximum absolute atomic E-state index is 13.0. The standard InChI is InChI=1S/C26H19F4N3O6/c27-25(28)38-22-7-1-17(14-23(22)39-26(29)30)21(13-16-9-11-31-12-10-16)18-2-8-24(32(34)15-18)37-20-5-3-19(4-6-20)33(35)36/h1-12,14-15,21,25-26H,13H2. The molecule has 0 aliphatic heterocycles. The van der Waals surface area contributed by atoms with Crippen LogP contribution in [0.15, 0.2) is 85.3 Å². The highest BCUT2D eigenvalue weighted by Crippen LogP contribution is 2.37. The average molecular weight is 545 g/mol. The summed E-state index contributed by atoms with van der Waals surface area (Å²) in [5.74, 6) is -1.70. The van der Waals surface area contributed by atoms with Gasteiger partial charge in [0.2, 0.25) is 0 Å². The van der Waals surface area contributed by atoms with Gasteiger partial charge in [-0.3, -0.25) is 15.1 Å². The van der Waals surface area contributed by atoms with Crippen LogP contribution in [0.2, 0.25) is 0 Å². The number of rotatable bonds is 11. The third-order valence-electron chi connectivity index (χ3n) is 5.57. The zero-order chi connectivity index (χ0) is 27.9. The number of hydrogen-bond acceptors (Lipinski definition) is 7. The van der Waals surface area contributed by atoms with Crippen molar-refractivity contribution in [1.82, 2.24) is 4.98 Å². The first-order valence-corrected chi connectivity index (χ1v) is 11.3. The van der Waals surface area contributed by atoms with Gasteiger partial charge in [0, 0.05) is 36.0 Å². The van der Waals surface area contributed by atoms with Crippen LogP contribution in [0, 0.1) is 15.3 Å². The van der Waals surface area contributed by atoms with Gasteiger partial charge < -0.3 is 19.4 Å². The Hall–Kier alpha value is -4.94. The number of non-ortho nitro benzene ring substituents is 1. The Morgan fingerprint density at radius 3 is 2.10 bits per heavy atom. The number of aromatic nitrogens is 2. The van der Waals surface area contributed by atoms with Crippen LogP contribution < -0.4 is 18.9 Å². The SMILES string of the molecule is O=[N+]([O-])c1ccc(Oc2ccc(C(Cc3ccncc3)c3ccc(OC(F)F)c(OC(F)F)c3)c[n+]2[O-])cc1. The van der Waals surface area contributed by atoms with E-state index in [0.717, 1.165) is 17.7 Å². The highest BCUT2D eigenvalue weighted by atomic mass is 19.3. The predicted octanol–water partition coefficient (Wildman–Crippen LogP) is 5.99. The molecule has 0 aliphatic carbocycles. The van der Waals surface area contributed by atoms with Gasteiger partial charge in [0.15, 0.2) is 17.7 Å². The minimum absolute atomic E-state index is 0.127. The van der Waals surface area contributed by atoms with Crippen LogP contribution in [0.3, 0.4) is 0 Å². The van der Waals surface area contributed by atoms with Crippen molar-refractivity contribution in [3.05, 3.63) is 117 Å². The van der Waals surface area contributed by atoms with Crippen molar-refractivity contribution in [1.29, 1.82) is 0 Å². The Bertz CT molecular complexity index is 1430. The normalized spacial score (nSPS) is 11.8. The summed E-state index contributed by atoms with van der Waals surface area (Å²) in [6, 6.07) is 15.2. The van der Waals surface area contributed by atoms with Gasteiger partial charge in [0.25, 0.3) is 5.69 Å². The molecule has 2 aromatic heterocycles. The molecule has 4 rings (SSSR count). The highest BCUT2D eigenvalue weighted by Gasteiger charge is 2.23. The molecule has 0 spiro atoms. The molecule has 0 N–H and O–H groups in total. The zero-order valence-electron chi connectivity index (χ0n) is 19.8. The molecule has 0 bridgehead atoms. The number of benzene rings is 2. The summed E-state index contributed by atoms with van der Waals surface area (Å²) in [6.45, 7) is -6.55. The van der Waals surface area contributed by atoms with E-state index < -0.39 is 35.6 Å². The fraction of sp³-hybridized carbons (Fsp3) is 0.154. The lowest BCUT2D eigenvalue weighted by Crippen LogP contribution is -2.29. The van der Waals surface area contributed by atoms with E-state index in [2.05, 4.69) is 14.5 Å². The van der Waals surface area contributed by atoms with Crippen LogP contribution in [-0.4, -0.2) is 23.1 Å². The average Bonchev–Trinajstić information content (AvgIpc) is 2.90. The van der Waals surface area contributed by atoms with Gasteiger partial charge in [0.05, 0.1) is 11.0 Å². The largest absolute Gasteiger partial charge is 0.616 e. The van der Waals surface area contributed by atoms with Crippen molar-refractivity contribution in [2.75, 3.05) is 0 Å². The van der Waals surface area contributed by atoms with Gasteiger partial charge in [-0.15, -0.1) is 4.73 Å².